The fourth-order valence-corrected chi connectivity index (χ4v) is 2.26. The largest absolute Gasteiger partial charge is 0.462 e. The third kappa shape index (κ3) is 2.53. The van der Waals surface area contributed by atoms with Crippen molar-refractivity contribution in [1.29, 1.82) is 0 Å². The van der Waals surface area contributed by atoms with E-state index in [0.717, 1.165) is 0 Å². The Morgan fingerprint density at radius 2 is 1.77 bits per heavy atom. The highest BCUT2D eigenvalue weighted by atomic mass is 16.7. The number of ether oxygens (including phenoxy) is 3. The second-order valence-corrected chi connectivity index (χ2v) is 4.66. The number of rotatable bonds is 4. The first kappa shape index (κ1) is 14.1. The number of benzene rings is 2. The van der Waals surface area contributed by atoms with E-state index in [4.69, 9.17) is 14.2 Å². The van der Waals surface area contributed by atoms with Crippen LogP contribution in [0.2, 0.25) is 0 Å². The van der Waals surface area contributed by atoms with E-state index in [1.807, 2.05) is 0 Å². The first-order chi connectivity index (χ1) is 10.7. The van der Waals surface area contributed by atoms with Gasteiger partial charge in [-0.1, -0.05) is 18.2 Å². The molecule has 0 radical (unpaired) electrons. The molecule has 0 amide bonds. The lowest BCUT2D eigenvalue weighted by Gasteiger charge is -2.08. The summed E-state index contributed by atoms with van der Waals surface area (Å²) in [4.78, 5) is 24.6. The second-order valence-electron chi connectivity index (χ2n) is 4.66. The van der Waals surface area contributed by atoms with Gasteiger partial charge in [0.1, 0.15) is 0 Å². The zero-order valence-corrected chi connectivity index (χ0v) is 12.0. The van der Waals surface area contributed by atoms with Crippen molar-refractivity contribution in [2.75, 3.05) is 13.4 Å². The Morgan fingerprint density at radius 3 is 2.55 bits per heavy atom. The molecule has 1 aliphatic heterocycles. The van der Waals surface area contributed by atoms with Gasteiger partial charge in [0.25, 0.3) is 0 Å². The standard InChI is InChI=1S/C17H14O5/c1-2-20-17(19)13-6-4-3-5-12(13)16(18)11-7-8-14-15(9-11)22-10-21-14/h3-9H,2,10H2,1H3. The van der Waals surface area contributed by atoms with Crippen molar-refractivity contribution >= 4 is 11.8 Å². The number of hydrogen-bond acceptors (Lipinski definition) is 5. The molecule has 0 aromatic heterocycles. The van der Waals surface area contributed by atoms with Crippen molar-refractivity contribution in [3.63, 3.8) is 0 Å². The molecule has 5 nitrogen and oxygen atoms in total. The van der Waals surface area contributed by atoms with Crippen LogP contribution >= 0.6 is 0 Å². The SMILES string of the molecule is CCOC(=O)c1ccccc1C(=O)c1ccc2c(c1)OCO2. The highest BCUT2D eigenvalue weighted by molar-refractivity contribution is 6.14. The predicted octanol–water partition coefficient (Wildman–Crippen LogP) is 2.82. The maximum Gasteiger partial charge on any atom is 0.338 e. The van der Waals surface area contributed by atoms with E-state index in [-0.39, 0.29) is 24.7 Å². The maximum atomic E-state index is 12.7. The number of esters is 1. The molecule has 1 aliphatic rings. The van der Waals surface area contributed by atoms with Crippen LogP contribution in [0.4, 0.5) is 0 Å². The molecule has 0 fully saturated rings. The Labute approximate surface area is 127 Å². The van der Waals surface area contributed by atoms with Crippen LogP contribution in [0.5, 0.6) is 11.5 Å². The van der Waals surface area contributed by atoms with Gasteiger partial charge >= 0.3 is 5.97 Å². The average Bonchev–Trinajstić information content (AvgIpc) is 3.02. The van der Waals surface area contributed by atoms with Gasteiger partial charge in [0.05, 0.1) is 12.2 Å². The van der Waals surface area contributed by atoms with Crippen molar-refractivity contribution < 1.29 is 23.8 Å². The molecule has 0 atom stereocenters. The number of ketones is 1. The highest BCUT2D eigenvalue weighted by Gasteiger charge is 2.21. The van der Waals surface area contributed by atoms with Crippen molar-refractivity contribution in [2.45, 2.75) is 6.92 Å². The van der Waals surface area contributed by atoms with Crippen LogP contribution in [0.15, 0.2) is 42.5 Å². The van der Waals surface area contributed by atoms with Gasteiger partial charge in [-0.25, -0.2) is 4.79 Å². The van der Waals surface area contributed by atoms with Gasteiger partial charge in [-0.05, 0) is 31.2 Å². The zero-order valence-electron chi connectivity index (χ0n) is 12.0. The number of hydrogen-bond donors (Lipinski definition) is 0. The van der Waals surface area contributed by atoms with Crippen LogP contribution in [0.1, 0.15) is 33.2 Å². The Balaban J connectivity index is 1.97. The maximum absolute atomic E-state index is 12.7. The summed E-state index contributed by atoms with van der Waals surface area (Å²) in [6.07, 6.45) is 0. The summed E-state index contributed by atoms with van der Waals surface area (Å²) in [5.74, 6) is 0.365. The Morgan fingerprint density at radius 1 is 1.05 bits per heavy atom. The van der Waals surface area contributed by atoms with Gasteiger partial charge in [0.15, 0.2) is 17.3 Å². The minimum Gasteiger partial charge on any atom is -0.462 e. The quantitative estimate of drug-likeness (QED) is 0.641. The summed E-state index contributed by atoms with van der Waals surface area (Å²) in [6, 6.07) is 11.6. The van der Waals surface area contributed by atoms with Gasteiger partial charge in [-0.3, -0.25) is 4.79 Å². The molecule has 0 N–H and O–H groups in total. The first-order valence-electron chi connectivity index (χ1n) is 6.91. The lowest BCUT2D eigenvalue weighted by molar-refractivity contribution is 0.0523. The summed E-state index contributed by atoms with van der Waals surface area (Å²) in [7, 11) is 0. The van der Waals surface area contributed by atoms with Crippen LogP contribution in [-0.2, 0) is 4.74 Å². The summed E-state index contributed by atoms with van der Waals surface area (Å²) >= 11 is 0. The van der Waals surface area contributed by atoms with E-state index in [9.17, 15) is 9.59 Å². The summed E-state index contributed by atoms with van der Waals surface area (Å²) < 4.78 is 15.5. The normalized spacial score (nSPS) is 12.0. The van der Waals surface area contributed by atoms with E-state index in [0.29, 0.717) is 22.6 Å². The van der Waals surface area contributed by atoms with Crippen molar-refractivity contribution in [3.05, 3.63) is 59.2 Å². The highest BCUT2D eigenvalue weighted by Crippen LogP contribution is 2.33. The van der Waals surface area contributed by atoms with Crippen LogP contribution in [-0.4, -0.2) is 25.2 Å². The van der Waals surface area contributed by atoms with Crippen LogP contribution in [0.3, 0.4) is 0 Å². The van der Waals surface area contributed by atoms with E-state index in [1.165, 1.54) is 0 Å². The molecule has 0 unspecified atom stereocenters. The van der Waals surface area contributed by atoms with E-state index >= 15 is 0 Å². The van der Waals surface area contributed by atoms with E-state index < -0.39 is 5.97 Å². The van der Waals surface area contributed by atoms with Crippen LogP contribution in [0.25, 0.3) is 0 Å². The molecule has 3 rings (SSSR count). The molecule has 1 heterocycles. The Kier molecular flexibility index (Phi) is 3.78. The smallest absolute Gasteiger partial charge is 0.338 e. The summed E-state index contributed by atoms with van der Waals surface area (Å²) in [5, 5.41) is 0. The molecule has 112 valence electrons. The molecule has 22 heavy (non-hydrogen) atoms. The molecular weight excluding hydrogens is 284 g/mol. The lowest BCUT2D eigenvalue weighted by atomic mass is 9.98. The van der Waals surface area contributed by atoms with Crippen LogP contribution < -0.4 is 9.47 Å². The first-order valence-corrected chi connectivity index (χ1v) is 6.91. The molecule has 0 saturated heterocycles. The molecule has 0 bridgehead atoms. The third-order valence-electron chi connectivity index (χ3n) is 3.30. The monoisotopic (exact) mass is 298 g/mol. The Bertz CT molecular complexity index is 736. The minimum atomic E-state index is -0.507. The van der Waals surface area contributed by atoms with E-state index in [2.05, 4.69) is 0 Å². The molecule has 0 aliphatic carbocycles. The second kappa shape index (κ2) is 5.89. The molecule has 2 aromatic carbocycles. The van der Waals surface area contributed by atoms with Gasteiger partial charge in [0.2, 0.25) is 6.79 Å². The molecule has 0 spiro atoms. The predicted molar refractivity (Wildman–Crippen MR) is 78.4 cm³/mol. The lowest BCUT2D eigenvalue weighted by Crippen LogP contribution is -2.12. The minimum absolute atomic E-state index is 0.145. The van der Waals surface area contributed by atoms with Crippen molar-refractivity contribution in [2.24, 2.45) is 0 Å². The Hall–Kier alpha value is -2.82. The third-order valence-corrected chi connectivity index (χ3v) is 3.30. The molecule has 5 heteroatoms. The summed E-state index contributed by atoms with van der Waals surface area (Å²) in [5.41, 5.74) is 0.993. The molecule has 0 saturated carbocycles. The zero-order chi connectivity index (χ0) is 15.5. The number of fused-ring (bicyclic) bond motifs is 1. The van der Waals surface area contributed by atoms with E-state index in [1.54, 1.807) is 49.4 Å². The fourth-order valence-electron chi connectivity index (χ4n) is 2.26. The van der Waals surface area contributed by atoms with Crippen molar-refractivity contribution in [1.82, 2.24) is 0 Å². The summed E-state index contributed by atoms with van der Waals surface area (Å²) in [6.45, 7) is 2.12. The van der Waals surface area contributed by atoms with Crippen LogP contribution in [0, 0.1) is 0 Å². The van der Waals surface area contributed by atoms with Gasteiger partial charge < -0.3 is 14.2 Å². The van der Waals surface area contributed by atoms with Gasteiger partial charge in [0, 0.05) is 11.1 Å². The average molecular weight is 298 g/mol. The number of carbonyl (C=O) groups is 2. The fraction of sp³-hybridized carbons (Fsp3) is 0.176. The van der Waals surface area contributed by atoms with Gasteiger partial charge in [-0.15, -0.1) is 0 Å². The van der Waals surface area contributed by atoms with Gasteiger partial charge in [-0.2, -0.15) is 0 Å². The molecular formula is C17H14O5. The molecule has 2 aromatic rings. The van der Waals surface area contributed by atoms with Crippen molar-refractivity contribution in [3.8, 4) is 11.5 Å². The number of carbonyl (C=O) groups excluding carboxylic acids is 2. The topological polar surface area (TPSA) is 61.8 Å².